The van der Waals surface area contributed by atoms with E-state index in [2.05, 4.69) is 32.8 Å². The highest BCUT2D eigenvalue weighted by molar-refractivity contribution is 14.1. The van der Waals surface area contributed by atoms with Gasteiger partial charge in [0.05, 0.1) is 11.1 Å². The fraction of sp³-hybridized carbons (Fsp3) is 0. The molecule has 1 N–H and O–H groups in total. The van der Waals surface area contributed by atoms with Crippen LogP contribution in [0.4, 0.5) is 8.78 Å². The lowest BCUT2D eigenvalue weighted by Gasteiger charge is -2.05. The van der Waals surface area contributed by atoms with Crippen molar-refractivity contribution in [2.45, 2.75) is 0 Å². The average Bonchev–Trinajstić information content (AvgIpc) is 2.71. The minimum absolute atomic E-state index is 0.00333. The maximum Gasteiger partial charge on any atom is 0.133 e. The second-order valence-corrected chi connectivity index (χ2v) is 4.94. The molecule has 0 saturated heterocycles. The number of rotatable bonds is 1. The van der Waals surface area contributed by atoms with Crippen LogP contribution in [0.25, 0.3) is 22.0 Å². The van der Waals surface area contributed by atoms with E-state index < -0.39 is 11.6 Å². The van der Waals surface area contributed by atoms with Crippen LogP contribution in [0.5, 0.6) is 0 Å². The Morgan fingerprint density at radius 3 is 2.50 bits per heavy atom. The maximum absolute atomic E-state index is 13.7. The van der Waals surface area contributed by atoms with Gasteiger partial charge in [0.25, 0.3) is 0 Å². The molecule has 0 aliphatic carbocycles. The molecule has 3 rings (SSSR count). The predicted octanol–water partition coefficient (Wildman–Crippen LogP) is 4.11. The molecule has 5 heteroatoms. The topological polar surface area (TPSA) is 28.7 Å². The van der Waals surface area contributed by atoms with Crippen molar-refractivity contribution in [3.05, 3.63) is 51.7 Å². The largest absolute Gasteiger partial charge is 0.271 e. The highest BCUT2D eigenvalue weighted by Crippen LogP contribution is 2.29. The Morgan fingerprint density at radius 1 is 1.06 bits per heavy atom. The van der Waals surface area contributed by atoms with Gasteiger partial charge in [0.2, 0.25) is 0 Å². The molecule has 0 aliphatic rings. The fourth-order valence-corrected chi connectivity index (χ4v) is 2.46. The summed E-state index contributed by atoms with van der Waals surface area (Å²) in [6, 6.07) is 9.01. The van der Waals surface area contributed by atoms with Crippen LogP contribution in [-0.2, 0) is 0 Å². The van der Waals surface area contributed by atoms with E-state index in [0.29, 0.717) is 5.56 Å². The van der Waals surface area contributed by atoms with E-state index in [9.17, 15) is 8.78 Å². The summed E-state index contributed by atoms with van der Waals surface area (Å²) in [6.07, 6.45) is 0. The summed E-state index contributed by atoms with van der Waals surface area (Å²) in [5, 5.41) is 7.77. The predicted molar refractivity (Wildman–Crippen MR) is 74.2 cm³/mol. The van der Waals surface area contributed by atoms with Gasteiger partial charge in [-0.05, 0) is 52.4 Å². The standard InChI is InChI=1S/C13H7F2IN2/c14-9-2-1-3-10(15)12(9)7-4-5-11-8(6-7)13(16)18-17-11/h1-6H,(H,17,18). The number of hydrogen-bond acceptors (Lipinski definition) is 1. The number of nitrogens with one attached hydrogen (secondary N) is 1. The summed E-state index contributed by atoms with van der Waals surface area (Å²) in [7, 11) is 0. The van der Waals surface area contributed by atoms with Gasteiger partial charge < -0.3 is 0 Å². The quantitative estimate of drug-likeness (QED) is 0.653. The highest BCUT2D eigenvalue weighted by Gasteiger charge is 2.12. The Hall–Kier alpha value is -1.50. The van der Waals surface area contributed by atoms with Crippen LogP contribution >= 0.6 is 22.6 Å². The number of aromatic nitrogens is 2. The van der Waals surface area contributed by atoms with Crippen molar-refractivity contribution in [1.29, 1.82) is 0 Å². The van der Waals surface area contributed by atoms with E-state index in [4.69, 9.17) is 0 Å². The number of benzene rings is 2. The number of nitrogens with zero attached hydrogens (tertiary/aromatic N) is 1. The van der Waals surface area contributed by atoms with Gasteiger partial charge in [-0.25, -0.2) is 8.78 Å². The van der Waals surface area contributed by atoms with Crippen molar-refractivity contribution in [1.82, 2.24) is 10.2 Å². The third kappa shape index (κ3) is 1.78. The van der Waals surface area contributed by atoms with Gasteiger partial charge in [-0.15, -0.1) is 0 Å². The summed E-state index contributed by atoms with van der Waals surface area (Å²) in [5.74, 6) is -1.12. The van der Waals surface area contributed by atoms with Crippen LogP contribution in [-0.4, -0.2) is 10.2 Å². The van der Waals surface area contributed by atoms with Crippen LogP contribution in [0.3, 0.4) is 0 Å². The Kier molecular flexibility index (Phi) is 2.77. The Bertz CT molecular complexity index is 717. The molecule has 0 saturated carbocycles. The molecular formula is C13H7F2IN2. The maximum atomic E-state index is 13.7. The first-order chi connectivity index (χ1) is 8.66. The normalized spacial score (nSPS) is 11.1. The molecule has 1 aromatic heterocycles. The highest BCUT2D eigenvalue weighted by atomic mass is 127. The third-order valence-corrected chi connectivity index (χ3v) is 3.58. The summed E-state index contributed by atoms with van der Waals surface area (Å²) < 4.78 is 28.2. The van der Waals surface area contributed by atoms with Crippen LogP contribution in [0, 0.1) is 15.3 Å². The molecule has 0 spiro atoms. The van der Waals surface area contributed by atoms with E-state index in [1.54, 1.807) is 18.2 Å². The molecule has 2 nitrogen and oxygen atoms in total. The summed E-state index contributed by atoms with van der Waals surface area (Å²) in [4.78, 5) is 0. The smallest absolute Gasteiger partial charge is 0.133 e. The summed E-state index contributed by atoms with van der Waals surface area (Å²) in [5.41, 5.74) is 1.29. The monoisotopic (exact) mass is 356 g/mol. The minimum atomic E-state index is -0.562. The molecule has 0 radical (unpaired) electrons. The van der Waals surface area contributed by atoms with E-state index in [1.165, 1.54) is 18.2 Å². The van der Waals surface area contributed by atoms with Crippen molar-refractivity contribution in [3.8, 4) is 11.1 Å². The van der Waals surface area contributed by atoms with Crippen molar-refractivity contribution in [2.75, 3.05) is 0 Å². The zero-order chi connectivity index (χ0) is 12.7. The Labute approximate surface area is 115 Å². The molecule has 2 aromatic carbocycles. The van der Waals surface area contributed by atoms with Gasteiger partial charge in [0, 0.05) is 5.39 Å². The lowest BCUT2D eigenvalue weighted by atomic mass is 10.0. The van der Waals surface area contributed by atoms with E-state index >= 15 is 0 Å². The first kappa shape index (κ1) is 11.6. The molecule has 3 aromatic rings. The fourth-order valence-electron chi connectivity index (χ4n) is 1.91. The molecule has 0 bridgehead atoms. The van der Waals surface area contributed by atoms with Gasteiger partial charge in [0.1, 0.15) is 15.3 Å². The Balaban J connectivity index is 2.28. The van der Waals surface area contributed by atoms with Crippen LogP contribution in [0.2, 0.25) is 0 Å². The zero-order valence-electron chi connectivity index (χ0n) is 9.05. The third-order valence-electron chi connectivity index (χ3n) is 2.76. The molecule has 0 amide bonds. The lowest BCUT2D eigenvalue weighted by Crippen LogP contribution is -1.89. The van der Waals surface area contributed by atoms with Gasteiger partial charge in [0.15, 0.2) is 0 Å². The zero-order valence-corrected chi connectivity index (χ0v) is 11.2. The number of fused-ring (bicyclic) bond motifs is 1. The van der Waals surface area contributed by atoms with Crippen LogP contribution in [0.1, 0.15) is 0 Å². The van der Waals surface area contributed by atoms with Gasteiger partial charge in [-0.2, -0.15) is 5.10 Å². The molecule has 0 aliphatic heterocycles. The SMILES string of the molecule is Fc1cccc(F)c1-c1ccc2n[nH]c(I)c2c1. The molecular weight excluding hydrogens is 349 g/mol. The summed E-state index contributed by atoms with van der Waals surface area (Å²) in [6.45, 7) is 0. The molecule has 1 heterocycles. The van der Waals surface area contributed by atoms with E-state index in [0.717, 1.165) is 14.6 Å². The number of hydrogen-bond donors (Lipinski definition) is 1. The second kappa shape index (κ2) is 4.31. The van der Waals surface area contributed by atoms with Gasteiger partial charge >= 0.3 is 0 Å². The molecule has 90 valence electrons. The van der Waals surface area contributed by atoms with Crippen molar-refractivity contribution < 1.29 is 8.78 Å². The van der Waals surface area contributed by atoms with Gasteiger partial charge in [-0.1, -0.05) is 12.1 Å². The lowest BCUT2D eigenvalue weighted by molar-refractivity contribution is 0.589. The van der Waals surface area contributed by atoms with Crippen molar-refractivity contribution in [2.24, 2.45) is 0 Å². The van der Waals surface area contributed by atoms with E-state index in [-0.39, 0.29) is 5.56 Å². The molecule has 0 atom stereocenters. The Morgan fingerprint density at radius 2 is 1.78 bits per heavy atom. The van der Waals surface area contributed by atoms with Crippen molar-refractivity contribution in [3.63, 3.8) is 0 Å². The number of aromatic amines is 1. The average molecular weight is 356 g/mol. The minimum Gasteiger partial charge on any atom is -0.271 e. The molecule has 0 fully saturated rings. The first-order valence-corrected chi connectivity index (χ1v) is 6.32. The molecule has 18 heavy (non-hydrogen) atoms. The van der Waals surface area contributed by atoms with Crippen molar-refractivity contribution >= 4 is 33.5 Å². The van der Waals surface area contributed by atoms with Crippen LogP contribution < -0.4 is 0 Å². The number of H-pyrrole nitrogens is 1. The van der Waals surface area contributed by atoms with Gasteiger partial charge in [-0.3, -0.25) is 5.10 Å². The molecule has 0 unspecified atom stereocenters. The van der Waals surface area contributed by atoms with Crippen LogP contribution in [0.15, 0.2) is 36.4 Å². The second-order valence-electron chi connectivity index (χ2n) is 3.87. The first-order valence-electron chi connectivity index (χ1n) is 5.25. The number of halogens is 3. The summed E-state index contributed by atoms with van der Waals surface area (Å²) >= 11 is 2.10. The van der Waals surface area contributed by atoms with E-state index in [1.807, 2.05) is 0 Å².